The molecule has 1 saturated heterocycles. The SMILES string of the molecule is CCOC(=O)[C@]1(Cc2ccccc2F)CCCN(C(=O)C(=O)c2ccco2)C1. The molecule has 0 N–H and O–H groups in total. The molecule has 0 unspecified atom stereocenters. The van der Waals surface area contributed by atoms with Gasteiger partial charge < -0.3 is 14.1 Å². The fourth-order valence-electron chi connectivity index (χ4n) is 3.64. The molecular formula is C21H22FNO5. The van der Waals surface area contributed by atoms with Crippen molar-refractivity contribution in [2.24, 2.45) is 5.41 Å². The van der Waals surface area contributed by atoms with Crippen LogP contribution in [0.5, 0.6) is 0 Å². The van der Waals surface area contributed by atoms with Crippen LogP contribution in [0.4, 0.5) is 4.39 Å². The number of hydrogen-bond acceptors (Lipinski definition) is 5. The summed E-state index contributed by atoms with van der Waals surface area (Å²) in [7, 11) is 0. The van der Waals surface area contributed by atoms with Gasteiger partial charge in [-0.05, 0) is 49.9 Å². The Kier molecular flexibility index (Phi) is 5.92. The predicted octanol–water partition coefficient (Wildman–Crippen LogP) is 3.02. The molecule has 0 aliphatic carbocycles. The van der Waals surface area contributed by atoms with Crippen molar-refractivity contribution in [2.75, 3.05) is 19.7 Å². The zero-order valence-electron chi connectivity index (χ0n) is 15.7. The number of piperidine rings is 1. The van der Waals surface area contributed by atoms with E-state index in [0.717, 1.165) is 0 Å². The molecule has 2 aromatic rings. The Morgan fingerprint density at radius 1 is 1.21 bits per heavy atom. The number of benzene rings is 1. The summed E-state index contributed by atoms with van der Waals surface area (Å²) in [6.45, 7) is 2.20. The van der Waals surface area contributed by atoms with E-state index in [9.17, 15) is 18.8 Å². The first-order valence-corrected chi connectivity index (χ1v) is 9.24. The molecule has 3 rings (SSSR count). The molecule has 1 aromatic carbocycles. The molecule has 148 valence electrons. The van der Waals surface area contributed by atoms with Gasteiger partial charge in [0.1, 0.15) is 5.82 Å². The third-order valence-corrected chi connectivity index (χ3v) is 5.00. The maximum atomic E-state index is 14.2. The van der Waals surface area contributed by atoms with Gasteiger partial charge in [0.15, 0.2) is 5.76 Å². The van der Waals surface area contributed by atoms with Crippen molar-refractivity contribution < 1.29 is 27.9 Å². The van der Waals surface area contributed by atoms with Crippen LogP contribution in [0.15, 0.2) is 47.1 Å². The maximum Gasteiger partial charge on any atom is 0.314 e. The highest BCUT2D eigenvalue weighted by Gasteiger charge is 2.46. The van der Waals surface area contributed by atoms with E-state index in [0.29, 0.717) is 24.9 Å². The third kappa shape index (κ3) is 3.98. The van der Waals surface area contributed by atoms with Gasteiger partial charge in [0, 0.05) is 13.1 Å². The summed E-state index contributed by atoms with van der Waals surface area (Å²) in [6, 6.07) is 9.17. The number of ether oxygens (including phenoxy) is 1. The summed E-state index contributed by atoms with van der Waals surface area (Å²) in [5.74, 6) is -2.46. The molecule has 1 amide bonds. The van der Waals surface area contributed by atoms with E-state index in [4.69, 9.17) is 9.15 Å². The zero-order chi connectivity index (χ0) is 20.1. The number of ketones is 1. The Labute approximate surface area is 162 Å². The van der Waals surface area contributed by atoms with E-state index in [1.165, 1.54) is 29.4 Å². The van der Waals surface area contributed by atoms with E-state index >= 15 is 0 Å². The Morgan fingerprint density at radius 3 is 2.68 bits per heavy atom. The highest BCUT2D eigenvalue weighted by atomic mass is 19.1. The number of furan rings is 1. The van der Waals surface area contributed by atoms with Crippen molar-refractivity contribution in [3.8, 4) is 0 Å². The molecule has 1 atom stereocenters. The van der Waals surface area contributed by atoms with E-state index in [1.54, 1.807) is 25.1 Å². The largest absolute Gasteiger partial charge is 0.466 e. The minimum absolute atomic E-state index is 0.00848. The molecule has 1 aliphatic heterocycles. The first-order chi connectivity index (χ1) is 13.5. The molecule has 6 nitrogen and oxygen atoms in total. The lowest BCUT2D eigenvalue weighted by atomic mass is 9.74. The number of amides is 1. The summed E-state index contributed by atoms with van der Waals surface area (Å²) in [5, 5.41) is 0. The average molecular weight is 387 g/mol. The fourth-order valence-corrected chi connectivity index (χ4v) is 3.64. The molecule has 1 fully saturated rings. The number of hydrogen-bond donors (Lipinski definition) is 0. The standard InChI is InChI=1S/C21H22FNO5/c1-2-27-20(26)21(13-15-7-3-4-8-16(15)22)10-6-11-23(14-21)19(25)18(24)17-9-5-12-28-17/h3-5,7-9,12H,2,6,10-11,13-14H2,1H3/t21-/m0/s1. The lowest BCUT2D eigenvalue weighted by Gasteiger charge is -2.40. The minimum atomic E-state index is -1.10. The number of carbonyl (C=O) groups is 3. The second-order valence-electron chi connectivity index (χ2n) is 6.91. The molecule has 0 spiro atoms. The molecule has 7 heteroatoms. The van der Waals surface area contributed by atoms with Gasteiger partial charge in [0.05, 0.1) is 18.3 Å². The van der Waals surface area contributed by atoms with Gasteiger partial charge in [0.2, 0.25) is 0 Å². The van der Waals surface area contributed by atoms with Crippen molar-refractivity contribution in [2.45, 2.75) is 26.2 Å². The van der Waals surface area contributed by atoms with Gasteiger partial charge in [-0.2, -0.15) is 0 Å². The van der Waals surface area contributed by atoms with Gasteiger partial charge in [-0.15, -0.1) is 0 Å². The van der Waals surface area contributed by atoms with E-state index in [-0.39, 0.29) is 25.3 Å². The number of esters is 1. The second kappa shape index (κ2) is 8.37. The maximum absolute atomic E-state index is 14.2. The quantitative estimate of drug-likeness (QED) is 0.433. The number of Topliss-reactive ketones (excluding diaryl/α,β-unsaturated/α-hetero) is 1. The summed E-state index contributed by atoms with van der Waals surface area (Å²) in [4.78, 5) is 39.2. The van der Waals surface area contributed by atoms with Crippen molar-refractivity contribution in [1.82, 2.24) is 4.90 Å². The average Bonchev–Trinajstić information content (AvgIpc) is 3.24. The van der Waals surface area contributed by atoms with Crippen LogP contribution in [0.25, 0.3) is 0 Å². The minimum Gasteiger partial charge on any atom is -0.466 e. The lowest BCUT2D eigenvalue weighted by Crippen LogP contribution is -2.53. The van der Waals surface area contributed by atoms with Gasteiger partial charge in [0.25, 0.3) is 11.7 Å². The first-order valence-electron chi connectivity index (χ1n) is 9.24. The summed E-state index contributed by atoms with van der Waals surface area (Å²) in [5.41, 5.74) is -0.725. The number of nitrogens with zero attached hydrogens (tertiary/aromatic N) is 1. The van der Waals surface area contributed by atoms with Crippen LogP contribution in [0.2, 0.25) is 0 Å². The van der Waals surface area contributed by atoms with Gasteiger partial charge in [-0.25, -0.2) is 4.39 Å². The van der Waals surface area contributed by atoms with Crippen molar-refractivity contribution >= 4 is 17.7 Å². The fraction of sp³-hybridized carbons (Fsp3) is 0.381. The van der Waals surface area contributed by atoms with Crippen LogP contribution in [0, 0.1) is 11.2 Å². The molecular weight excluding hydrogens is 365 g/mol. The van der Waals surface area contributed by atoms with Crippen LogP contribution < -0.4 is 0 Å². The van der Waals surface area contributed by atoms with Gasteiger partial charge >= 0.3 is 5.97 Å². The van der Waals surface area contributed by atoms with E-state index in [1.807, 2.05) is 0 Å². The monoisotopic (exact) mass is 387 g/mol. The molecule has 1 aliphatic rings. The number of carbonyl (C=O) groups excluding carboxylic acids is 3. The van der Waals surface area contributed by atoms with E-state index < -0.39 is 28.9 Å². The molecule has 0 bridgehead atoms. The Morgan fingerprint density at radius 2 is 2.00 bits per heavy atom. The van der Waals surface area contributed by atoms with Crippen LogP contribution in [0.3, 0.4) is 0 Å². The van der Waals surface area contributed by atoms with Gasteiger partial charge in [-0.3, -0.25) is 14.4 Å². The molecule has 0 radical (unpaired) electrons. The Bertz CT molecular complexity index is 863. The smallest absolute Gasteiger partial charge is 0.314 e. The van der Waals surface area contributed by atoms with Crippen molar-refractivity contribution in [3.05, 3.63) is 59.8 Å². The zero-order valence-corrected chi connectivity index (χ0v) is 15.7. The first kappa shape index (κ1) is 19.8. The van der Waals surface area contributed by atoms with Gasteiger partial charge in [-0.1, -0.05) is 18.2 Å². The summed E-state index contributed by atoms with van der Waals surface area (Å²) in [6.07, 6.45) is 2.36. The molecule has 28 heavy (non-hydrogen) atoms. The van der Waals surface area contributed by atoms with Crippen LogP contribution >= 0.6 is 0 Å². The normalized spacial score (nSPS) is 19.3. The number of rotatable bonds is 6. The highest BCUT2D eigenvalue weighted by molar-refractivity contribution is 6.41. The Hall–Kier alpha value is -2.96. The highest BCUT2D eigenvalue weighted by Crippen LogP contribution is 2.36. The van der Waals surface area contributed by atoms with Crippen LogP contribution in [-0.2, 0) is 20.7 Å². The third-order valence-electron chi connectivity index (χ3n) is 5.00. The predicted molar refractivity (Wildman–Crippen MR) is 98.0 cm³/mol. The molecule has 1 aromatic heterocycles. The second-order valence-corrected chi connectivity index (χ2v) is 6.91. The summed E-state index contributed by atoms with van der Waals surface area (Å²) < 4.78 is 24.5. The summed E-state index contributed by atoms with van der Waals surface area (Å²) >= 11 is 0. The Balaban J connectivity index is 1.87. The van der Waals surface area contributed by atoms with E-state index in [2.05, 4.69) is 0 Å². The molecule has 2 heterocycles. The molecule has 0 saturated carbocycles. The van der Waals surface area contributed by atoms with Crippen molar-refractivity contribution in [3.63, 3.8) is 0 Å². The topological polar surface area (TPSA) is 76.8 Å². The van der Waals surface area contributed by atoms with Crippen molar-refractivity contribution in [1.29, 1.82) is 0 Å². The van der Waals surface area contributed by atoms with Crippen LogP contribution in [0.1, 0.15) is 35.9 Å². The van der Waals surface area contributed by atoms with Crippen LogP contribution in [-0.4, -0.2) is 42.3 Å². The lowest BCUT2D eigenvalue weighted by molar-refractivity contribution is -0.160. The number of likely N-dealkylation sites (tertiary alicyclic amines) is 1. The number of halogens is 1.